The first-order chi connectivity index (χ1) is 10.5. The van der Waals surface area contributed by atoms with Gasteiger partial charge in [0.2, 0.25) is 0 Å². The van der Waals surface area contributed by atoms with E-state index in [1.807, 2.05) is 12.1 Å². The first-order valence-corrected chi connectivity index (χ1v) is 7.89. The van der Waals surface area contributed by atoms with E-state index in [9.17, 15) is 4.79 Å². The summed E-state index contributed by atoms with van der Waals surface area (Å²) in [6, 6.07) is 10.7. The third-order valence-electron chi connectivity index (χ3n) is 2.80. The molecule has 7 heteroatoms. The Morgan fingerprint density at radius 2 is 2.00 bits per heavy atom. The van der Waals surface area contributed by atoms with Gasteiger partial charge in [-0.2, -0.15) is 0 Å². The van der Waals surface area contributed by atoms with Crippen molar-refractivity contribution >= 4 is 50.7 Å². The van der Waals surface area contributed by atoms with Gasteiger partial charge in [-0.05, 0) is 52.3 Å². The zero-order valence-corrected chi connectivity index (χ0v) is 14.5. The van der Waals surface area contributed by atoms with Gasteiger partial charge in [0, 0.05) is 27.3 Å². The number of carbonyl (C=O) groups excluding carboxylic acids is 1. The molecule has 0 fully saturated rings. The lowest BCUT2D eigenvalue weighted by Crippen LogP contribution is -2.20. The van der Waals surface area contributed by atoms with Gasteiger partial charge in [-0.3, -0.25) is 4.79 Å². The molecule has 2 aromatic carbocycles. The summed E-state index contributed by atoms with van der Waals surface area (Å²) in [6.07, 6.45) is 0. The van der Waals surface area contributed by atoms with Crippen molar-refractivity contribution in [3.05, 3.63) is 56.5 Å². The molecular weight excluding hydrogens is 391 g/mol. The molecule has 0 aliphatic heterocycles. The van der Waals surface area contributed by atoms with Gasteiger partial charge in [0.15, 0.2) is 6.61 Å². The summed E-state index contributed by atoms with van der Waals surface area (Å²) in [5.74, 6) is 0.0208. The van der Waals surface area contributed by atoms with Crippen LogP contribution in [0.2, 0.25) is 10.0 Å². The van der Waals surface area contributed by atoms with E-state index in [0.717, 1.165) is 15.7 Å². The molecule has 22 heavy (non-hydrogen) atoms. The zero-order chi connectivity index (χ0) is 16.1. The maximum absolute atomic E-state index is 10.8. The van der Waals surface area contributed by atoms with E-state index in [1.165, 1.54) is 0 Å². The van der Waals surface area contributed by atoms with Crippen LogP contribution in [0.15, 0.2) is 40.9 Å². The number of ether oxygens (including phenoxy) is 1. The third-order valence-corrected chi connectivity index (χ3v) is 4.26. The quantitative estimate of drug-likeness (QED) is 0.758. The van der Waals surface area contributed by atoms with Gasteiger partial charge in [0.1, 0.15) is 5.75 Å². The molecule has 0 atom stereocenters. The maximum atomic E-state index is 10.8. The van der Waals surface area contributed by atoms with Crippen LogP contribution in [0.1, 0.15) is 5.56 Å². The molecule has 116 valence electrons. The van der Waals surface area contributed by atoms with E-state index in [-0.39, 0.29) is 6.61 Å². The fraction of sp³-hybridized carbons (Fsp3) is 0.133. The van der Waals surface area contributed by atoms with Crippen molar-refractivity contribution < 1.29 is 9.53 Å². The highest BCUT2D eigenvalue weighted by Gasteiger charge is 2.07. The highest BCUT2D eigenvalue weighted by molar-refractivity contribution is 9.10. The van der Waals surface area contributed by atoms with Crippen molar-refractivity contribution in [1.82, 2.24) is 0 Å². The number of hydrogen-bond acceptors (Lipinski definition) is 3. The van der Waals surface area contributed by atoms with Gasteiger partial charge in [0.25, 0.3) is 5.91 Å². The number of hydrogen-bond donors (Lipinski definition) is 2. The smallest absolute Gasteiger partial charge is 0.255 e. The van der Waals surface area contributed by atoms with Gasteiger partial charge in [-0.15, -0.1) is 0 Å². The predicted molar refractivity (Wildman–Crippen MR) is 92.6 cm³/mol. The number of carbonyl (C=O) groups is 1. The molecule has 1 amide bonds. The molecule has 0 aromatic heterocycles. The Balaban J connectivity index is 2.11. The molecule has 0 radical (unpaired) electrons. The minimum Gasteiger partial charge on any atom is -0.483 e. The Hall–Kier alpha value is -1.43. The Morgan fingerprint density at radius 3 is 2.68 bits per heavy atom. The largest absolute Gasteiger partial charge is 0.483 e. The van der Waals surface area contributed by atoms with Crippen LogP contribution < -0.4 is 15.8 Å². The van der Waals surface area contributed by atoms with Gasteiger partial charge in [0.05, 0.1) is 5.02 Å². The lowest BCUT2D eigenvalue weighted by atomic mass is 10.2. The minimum absolute atomic E-state index is 0.182. The molecule has 0 heterocycles. The van der Waals surface area contributed by atoms with Crippen LogP contribution in [0.3, 0.4) is 0 Å². The number of primary amides is 1. The first-order valence-electron chi connectivity index (χ1n) is 6.34. The molecule has 0 aliphatic rings. The molecule has 0 bridgehead atoms. The van der Waals surface area contributed by atoms with Gasteiger partial charge >= 0.3 is 0 Å². The summed E-state index contributed by atoms with van der Waals surface area (Å²) >= 11 is 15.4. The molecule has 2 rings (SSSR count). The average molecular weight is 404 g/mol. The Bertz CT molecular complexity index is 695. The Labute approximate surface area is 146 Å². The highest BCUT2D eigenvalue weighted by atomic mass is 79.9. The molecule has 3 N–H and O–H groups in total. The van der Waals surface area contributed by atoms with Crippen molar-refractivity contribution in [2.75, 3.05) is 11.9 Å². The summed E-state index contributed by atoms with van der Waals surface area (Å²) in [6.45, 7) is 0.283. The number of nitrogens with two attached hydrogens (primary N) is 1. The standard InChI is InChI=1S/C15H13BrCl2N2O2/c16-12-3-2-11(6-13(12)18)20-7-9-5-10(17)1-4-14(9)22-8-15(19)21/h1-6,20H,7-8H2,(H2,19,21). The van der Waals surface area contributed by atoms with Crippen LogP contribution in [-0.4, -0.2) is 12.5 Å². The van der Waals surface area contributed by atoms with Crippen molar-refractivity contribution in [2.24, 2.45) is 5.73 Å². The normalized spacial score (nSPS) is 10.3. The van der Waals surface area contributed by atoms with E-state index in [1.54, 1.807) is 24.3 Å². The van der Waals surface area contributed by atoms with E-state index < -0.39 is 5.91 Å². The first kappa shape index (κ1) is 16.9. The number of nitrogens with one attached hydrogen (secondary N) is 1. The topological polar surface area (TPSA) is 64.4 Å². The second-order valence-electron chi connectivity index (χ2n) is 4.49. The summed E-state index contributed by atoms with van der Waals surface area (Å²) in [7, 11) is 0. The SMILES string of the molecule is NC(=O)COc1ccc(Cl)cc1CNc1ccc(Br)c(Cl)c1. The lowest BCUT2D eigenvalue weighted by Gasteiger charge is -2.13. The van der Waals surface area contributed by atoms with Crippen LogP contribution in [0.4, 0.5) is 5.69 Å². The van der Waals surface area contributed by atoms with Crippen LogP contribution >= 0.6 is 39.1 Å². The number of amides is 1. The molecule has 0 aliphatic carbocycles. The molecular formula is C15H13BrCl2N2O2. The second kappa shape index (κ2) is 7.72. The van der Waals surface area contributed by atoms with Crippen LogP contribution in [0, 0.1) is 0 Å². The van der Waals surface area contributed by atoms with Crippen LogP contribution in [0.25, 0.3) is 0 Å². The molecule has 4 nitrogen and oxygen atoms in total. The number of anilines is 1. The predicted octanol–water partition coefficient (Wildman–Crippen LogP) is 4.23. The summed E-state index contributed by atoms with van der Waals surface area (Å²) in [5, 5.41) is 4.42. The third kappa shape index (κ3) is 4.80. The monoisotopic (exact) mass is 402 g/mol. The van der Waals surface area contributed by atoms with Gasteiger partial charge in [-0.1, -0.05) is 23.2 Å². The summed E-state index contributed by atoms with van der Waals surface area (Å²) in [5.41, 5.74) is 6.76. The van der Waals surface area contributed by atoms with E-state index in [0.29, 0.717) is 22.3 Å². The molecule has 0 spiro atoms. The van der Waals surface area contributed by atoms with Crippen LogP contribution in [0.5, 0.6) is 5.75 Å². The zero-order valence-electron chi connectivity index (χ0n) is 11.4. The highest BCUT2D eigenvalue weighted by Crippen LogP contribution is 2.27. The van der Waals surface area contributed by atoms with Crippen molar-refractivity contribution in [1.29, 1.82) is 0 Å². The Morgan fingerprint density at radius 1 is 1.23 bits per heavy atom. The van der Waals surface area contributed by atoms with E-state index in [4.69, 9.17) is 33.7 Å². The van der Waals surface area contributed by atoms with Crippen molar-refractivity contribution in [3.63, 3.8) is 0 Å². The van der Waals surface area contributed by atoms with Crippen molar-refractivity contribution in [3.8, 4) is 5.75 Å². The number of rotatable bonds is 6. The maximum Gasteiger partial charge on any atom is 0.255 e. The van der Waals surface area contributed by atoms with Gasteiger partial charge in [-0.25, -0.2) is 0 Å². The van der Waals surface area contributed by atoms with E-state index in [2.05, 4.69) is 21.2 Å². The summed E-state index contributed by atoms with van der Waals surface area (Å²) < 4.78 is 6.20. The lowest BCUT2D eigenvalue weighted by molar-refractivity contribution is -0.119. The number of halogens is 3. The number of benzene rings is 2. The Kier molecular flexibility index (Phi) is 5.94. The average Bonchev–Trinajstić information content (AvgIpc) is 2.47. The fourth-order valence-electron chi connectivity index (χ4n) is 1.78. The molecule has 0 saturated heterocycles. The molecule has 2 aromatic rings. The molecule has 0 saturated carbocycles. The van der Waals surface area contributed by atoms with Crippen molar-refractivity contribution in [2.45, 2.75) is 6.54 Å². The minimum atomic E-state index is -0.534. The fourth-order valence-corrected chi connectivity index (χ4v) is 2.40. The van der Waals surface area contributed by atoms with Crippen LogP contribution in [-0.2, 0) is 11.3 Å². The second-order valence-corrected chi connectivity index (χ2v) is 6.19. The van der Waals surface area contributed by atoms with Gasteiger partial charge < -0.3 is 15.8 Å². The molecule has 0 unspecified atom stereocenters. The van der Waals surface area contributed by atoms with E-state index >= 15 is 0 Å². The summed E-state index contributed by atoms with van der Waals surface area (Å²) in [4.78, 5) is 10.8.